The zero-order valence-corrected chi connectivity index (χ0v) is 13.6. The Morgan fingerprint density at radius 3 is 2.41 bits per heavy atom. The second-order valence-electron chi connectivity index (χ2n) is 5.89. The van der Waals surface area contributed by atoms with E-state index in [9.17, 15) is 10.1 Å². The van der Waals surface area contributed by atoms with Crippen molar-refractivity contribution in [2.24, 2.45) is 0 Å². The van der Waals surface area contributed by atoms with Gasteiger partial charge in [-0.2, -0.15) is 5.26 Å². The first kappa shape index (κ1) is 18.3. The van der Waals surface area contributed by atoms with Gasteiger partial charge in [-0.3, -0.25) is 0 Å². The number of hydrogen-bond acceptors (Lipinski definition) is 6. The molecule has 1 aromatic carbocycles. The summed E-state index contributed by atoms with van der Waals surface area (Å²) in [5, 5.41) is 29.1. The molecule has 1 aromatic rings. The summed E-state index contributed by atoms with van der Waals surface area (Å²) in [6, 6.07) is 6.68. The summed E-state index contributed by atoms with van der Waals surface area (Å²) in [7, 11) is 0.189. The van der Waals surface area contributed by atoms with Crippen LogP contribution in [0.3, 0.4) is 0 Å². The van der Waals surface area contributed by atoms with Crippen LogP contribution in [0, 0.1) is 11.3 Å². The molecule has 0 amide bonds. The minimum absolute atomic E-state index is 0.165. The third-order valence-electron chi connectivity index (χ3n) is 3.66. The topological polar surface area (TPSA) is 91.9 Å². The third kappa shape index (κ3) is 4.37. The van der Waals surface area contributed by atoms with E-state index in [0.717, 1.165) is 0 Å². The number of hydrogen-bond donors (Lipinski definition) is 2. The Hall–Kier alpha value is -1.75. The lowest BCUT2D eigenvalue weighted by Crippen LogP contribution is -2.53. The zero-order chi connectivity index (χ0) is 17.0. The molecule has 0 bridgehead atoms. The number of nitriles is 1. The predicted octanol–water partition coefficient (Wildman–Crippen LogP) is 0.851. The predicted molar refractivity (Wildman–Crippen MR) is 83.2 cm³/mol. The summed E-state index contributed by atoms with van der Waals surface area (Å²) in [5.74, 6) is 0.825. The molecule has 0 radical (unpaired) electrons. The Morgan fingerprint density at radius 2 is 1.91 bits per heavy atom. The maximum Gasteiger partial charge on any atom is 0.495 e. The number of ether oxygens (including phenoxy) is 2. The highest BCUT2D eigenvalue weighted by Crippen LogP contribution is 2.26. The number of aliphatic hydroxyl groups is 1. The van der Waals surface area contributed by atoms with Gasteiger partial charge in [0.2, 0.25) is 0 Å². The van der Waals surface area contributed by atoms with Crippen molar-refractivity contribution in [3.8, 4) is 17.6 Å². The fourth-order valence-corrected chi connectivity index (χ4v) is 1.57. The highest BCUT2D eigenvalue weighted by Gasteiger charge is 2.40. The normalized spacial score (nSPS) is 11.7. The molecule has 1 rings (SSSR count). The Morgan fingerprint density at radius 1 is 1.27 bits per heavy atom. The second-order valence-corrected chi connectivity index (χ2v) is 5.89. The molecule has 0 saturated carbocycles. The SMILES string of the molecule is COc1ccc(B(O)OC(C)(C)C(C)(C)O)c(OCC#N)c1. The number of nitrogens with zero attached hydrogens (tertiary/aromatic N) is 1. The Balaban J connectivity index is 3.06. The van der Waals surface area contributed by atoms with E-state index in [1.807, 2.05) is 6.07 Å². The highest BCUT2D eigenvalue weighted by atomic mass is 16.6. The first-order chi connectivity index (χ1) is 10.1. The van der Waals surface area contributed by atoms with Gasteiger partial charge in [0.1, 0.15) is 17.6 Å². The second kappa shape index (κ2) is 7.01. The summed E-state index contributed by atoms with van der Waals surface area (Å²) < 4.78 is 16.0. The van der Waals surface area contributed by atoms with Gasteiger partial charge in [0.05, 0.1) is 18.3 Å². The Labute approximate surface area is 131 Å². The van der Waals surface area contributed by atoms with E-state index in [1.165, 1.54) is 7.11 Å². The molecule has 2 N–H and O–H groups in total. The van der Waals surface area contributed by atoms with Crippen molar-refractivity contribution < 1.29 is 24.3 Å². The van der Waals surface area contributed by atoms with Crippen LogP contribution in [0.4, 0.5) is 0 Å². The number of benzene rings is 1. The van der Waals surface area contributed by atoms with E-state index in [-0.39, 0.29) is 6.61 Å². The number of methoxy groups -OCH3 is 1. The molecule has 0 aliphatic rings. The molecule has 0 saturated heterocycles. The maximum absolute atomic E-state index is 10.3. The van der Waals surface area contributed by atoms with Gasteiger partial charge in [-0.05, 0) is 33.8 Å². The van der Waals surface area contributed by atoms with Crippen LogP contribution in [0.25, 0.3) is 0 Å². The lowest BCUT2D eigenvalue weighted by molar-refractivity contribution is -0.0983. The van der Waals surface area contributed by atoms with Gasteiger partial charge in [-0.25, -0.2) is 0 Å². The van der Waals surface area contributed by atoms with E-state index >= 15 is 0 Å². The van der Waals surface area contributed by atoms with Gasteiger partial charge in [-0.15, -0.1) is 0 Å². The average molecular weight is 307 g/mol. The Kier molecular flexibility index (Phi) is 5.83. The first-order valence-corrected chi connectivity index (χ1v) is 6.88. The summed E-state index contributed by atoms with van der Waals surface area (Å²) in [6.45, 7) is 6.38. The van der Waals surface area contributed by atoms with Crippen LogP contribution in [0.1, 0.15) is 27.7 Å². The summed E-state index contributed by atoms with van der Waals surface area (Å²) >= 11 is 0. The molecule has 0 aliphatic heterocycles. The van der Waals surface area contributed by atoms with E-state index in [4.69, 9.17) is 19.4 Å². The van der Waals surface area contributed by atoms with Crippen molar-refractivity contribution in [2.75, 3.05) is 13.7 Å². The zero-order valence-electron chi connectivity index (χ0n) is 13.6. The maximum atomic E-state index is 10.3. The van der Waals surface area contributed by atoms with Gasteiger partial charge < -0.3 is 24.3 Å². The molecule has 0 heterocycles. The number of rotatable bonds is 7. The summed E-state index contributed by atoms with van der Waals surface area (Å²) in [6.07, 6.45) is 0. The van der Waals surface area contributed by atoms with Gasteiger partial charge in [0, 0.05) is 11.5 Å². The molecular weight excluding hydrogens is 285 g/mol. The monoisotopic (exact) mass is 307 g/mol. The average Bonchev–Trinajstić information content (AvgIpc) is 2.42. The molecule has 22 heavy (non-hydrogen) atoms. The van der Waals surface area contributed by atoms with E-state index < -0.39 is 18.3 Å². The van der Waals surface area contributed by atoms with Crippen LogP contribution >= 0.6 is 0 Å². The molecule has 6 nitrogen and oxygen atoms in total. The Bertz CT molecular complexity index is 548. The largest absolute Gasteiger partial charge is 0.497 e. The molecule has 0 unspecified atom stereocenters. The minimum Gasteiger partial charge on any atom is -0.497 e. The van der Waals surface area contributed by atoms with Crippen LogP contribution in [-0.2, 0) is 4.65 Å². The molecular formula is C15H22BNO5. The highest BCUT2D eigenvalue weighted by molar-refractivity contribution is 6.61. The van der Waals surface area contributed by atoms with Gasteiger partial charge >= 0.3 is 7.12 Å². The van der Waals surface area contributed by atoms with Gasteiger partial charge in [-0.1, -0.05) is 6.07 Å². The van der Waals surface area contributed by atoms with E-state index in [2.05, 4.69) is 0 Å². The smallest absolute Gasteiger partial charge is 0.495 e. The van der Waals surface area contributed by atoms with Crippen molar-refractivity contribution in [3.05, 3.63) is 18.2 Å². The van der Waals surface area contributed by atoms with Crippen molar-refractivity contribution in [2.45, 2.75) is 38.9 Å². The van der Waals surface area contributed by atoms with Gasteiger partial charge in [0.25, 0.3) is 0 Å². The summed E-state index contributed by atoms with van der Waals surface area (Å²) in [5.41, 5.74) is -1.80. The fourth-order valence-electron chi connectivity index (χ4n) is 1.57. The van der Waals surface area contributed by atoms with Crippen molar-refractivity contribution >= 4 is 12.6 Å². The van der Waals surface area contributed by atoms with Crippen LogP contribution in [0.5, 0.6) is 11.5 Å². The quantitative estimate of drug-likeness (QED) is 0.726. The molecule has 0 aromatic heterocycles. The standard InChI is InChI=1S/C15H22BNO5/c1-14(2,18)15(3,4)22-16(19)12-7-6-11(20-5)10-13(12)21-9-8-17/h6-7,10,18-19H,9H2,1-5H3. The van der Waals surface area contributed by atoms with E-state index in [0.29, 0.717) is 17.0 Å². The molecule has 0 spiro atoms. The fraction of sp³-hybridized carbons (Fsp3) is 0.533. The van der Waals surface area contributed by atoms with Crippen LogP contribution < -0.4 is 14.9 Å². The van der Waals surface area contributed by atoms with Crippen LogP contribution in [0.2, 0.25) is 0 Å². The van der Waals surface area contributed by atoms with Crippen LogP contribution in [0.15, 0.2) is 18.2 Å². The lowest BCUT2D eigenvalue weighted by Gasteiger charge is -2.38. The summed E-state index contributed by atoms with van der Waals surface area (Å²) in [4.78, 5) is 0. The molecule has 7 heteroatoms. The van der Waals surface area contributed by atoms with Crippen molar-refractivity contribution in [1.82, 2.24) is 0 Å². The molecule has 0 fully saturated rings. The lowest BCUT2D eigenvalue weighted by atomic mass is 9.76. The third-order valence-corrected chi connectivity index (χ3v) is 3.66. The van der Waals surface area contributed by atoms with Crippen molar-refractivity contribution in [1.29, 1.82) is 5.26 Å². The van der Waals surface area contributed by atoms with Crippen molar-refractivity contribution in [3.63, 3.8) is 0 Å². The minimum atomic E-state index is -1.32. The van der Waals surface area contributed by atoms with Gasteiger partial charge in [0.15, 0.2) is 6.61 Å². The van der Waals surface area contributed by atoms with Crippen LogP contribution in [-0.4, -0.2) is 42.2 Å². The van der Waals surface area contributed by atoms with E-state index in [1.54, 1.807) is 45.9 Å². The molecule has 0 atom stereocenters. The molecule has 120 valence electrons. The molecule has 0 aliphatic carbocycles. The first-order valence-electron chi connectivity index (χ1n) is 6.88.